The van der Waals surface area contributed by atoms with Gasteiger partial charge < -0.3 is 10.6 Å². The topological polar surface area (TPSA) is 58.2 Å². The minimum atomic E-state index is -0.350. The van der Waals surface area contributed by atoms with Crippen molar-refractivity contribution in [3.05, 3.63) is 29.6 Å². The molecule has 80 valence electrons. The third-order valence-corrected chi connectivity index (χ3v) is 1.81. The van der Waals surface area contributed by atoms with Gasteiger partial charge in [-0.05, 0) is 30.7 Å². The van der Waals surface area contributed by atoms with Crippen molar-refractivity contribution < 1.29 is 14.0 Å². The number of anilines is 1. The van der Waals surface area contributed by atoms with Gasteiger partial charge in [0.05, 0.1) is 6.54 Å². The van der Waals surface area contributed by atoms with Crippen LogP contribution in [0.15, 0.2) is 18.2 Å². The van der Waals surface area contributed by atoms with E-state index in [2.05, 4.69) is 10.6 Å². The zero-order valence-corrected chi connectivity index (χ0v) is 8.21. The van der Waals surface area contributed by atoms with Crippen LogP contribution >= 0.6 is 0 Å². The first-order valence-corrected chi connectivity index (χ1v) is 4.36. The first kappa shape index (κ1) is 11.2. The van der Waals surface area contributed by atoms with Crippen molar-refractivity contribution in [3.8, 4) is 0 Å². The average Bonchev–Trinajstić information content (AvgIpc) is 2.19. The predicted molar refractivity (Wildman–Crippen MR) is 53.8 cm³/mol. The van der Waals surface area contributed by atoms with Crippen LogP contribution in [0.1, 0.15) is 5.56 Å². The van der Waals surface area contributed by atoms with Gasteiger partial charge in [-0.1, -0.05) is 0 Å². The van der Waals surface area contributed by atoms with Crippen molar-refractivity contribution in [3.63, 3.8) is 0 Å². The molecule has 0 saturated heterocycles. The number of halogens is 1. The molecule has 0 spiro atoms. The Kier molecular flexibility index (Phi) is 3.79. The molecule has 1 aromatic carbocycles. The summed E-state index contributed by atoms with van der Waals surface area (Å²) in [5.41, 5.74) is 1.17. The molecule has 0 fully saturated rings. The number of nitrogens with one attached hydrogen (secondary N) is 2. The highest BCUT2D eigenvalue weighted by Gasteiger charge is 2.04. The summed E-state index contributed by atoms with van der Waals surface area (Å²) in [6.45, 7) is 1.59. The molecule has 0 saturated carbocycles. The van der Waals surface area contributed by atoms with Gasteiger partial charge in [0.15, 0.2) is 0 Å². The quantitative estimate of drug-likeness (QED) is 0.723. The van der Waals surface area contributed by atoms with Gasteiger partial charge in [0.25, 0.3) is 0 Å². The monoisotopic (exact) mass is 210 g/mol. The first-order chi connectivity index (χ1) is 7.13. The summed E-state index contributed by atoms with van der Waals surface area (Å²) in [6.07, 6.45) is 0.442. The zero-order valence-electron chi connectivity index (χ0n) is 8.21. The molecule has 1 aromatic rings. The molecule has 2 N–H and O–H groups in total. The molecule has 0 heterocycles. The standard InChI is InChI=1S/C10H11FN2O2/c1-7-4-8(11)2-3-9(7)13-10(15)5-12-6-14/h2-4,6H,5H2,1H3,(H,12,14)(H,13,15). The van der Waals surface area contributed by atoms with E-state index in [9.17, 15) is 14.0 Å². The second-order valence-electron chi connectivity index (χ2n) is 3.01. The molecule has 0 aromatic heterocycles. The van der Waals surface area contributed by atoms with Gasteiger partial charge in [0, 0.05) is 5.69 Å². The normalized spacial score (nSPS) is 9.47. The second kappa shape index (κ2) is 5.09. The molecule has 4 nitrogen and oxygen atoms in total. The predicted octanol–water partition coefficient (Wildman–Crippen LogP) is 0.819. The fraction of sp³-hybridized carbons (Fsp3) is 0.200. The van der Waals surface area contributed by atoms with Gasteiger partial charge in [0.2, 0.25) is 12.3 Å². The maximum atomic E-state index is 12.7. The molecular formula is C10H11FN2O2. The molecule has 0 bridgehead atoms. The van der Waals surface area contributed by atoms with Crippen molar-refractivity contribution in [1.29, 1.82) is 0 Å². The zero-order chi connectivity index (χ0) is 11.3. The lowest BCUT2D eigenvalue weighted by atomic mass is 10.2. The number of carbonyl (C=O) groups excluding carboxylic acids is 2. The van der Waals surface area contributed by atoms with Crippen LogP contribution in [-0.4, -0.2) is 18.9 Å². The summed E-state index contributed by atoms with van der Waals surface area (Å²) in [5, 5.41) is 4.78. The summed E-state index contributed by atoms with van der Waals surface area (Å²) in [4.78, 5) is 21.1. The fourth-order valence-corrected chi connectivity index (χ4v) is 1.10. The average molecular weight is 210 g/mol. The number of hydrogen-bond acceptors (Lipinski definition) is 2. The molecule has 5 heteroatoms. The number of rotatable bonds is 4. The van der Waals surface area contributed by atoms with Crippen molar-refractivity contribution in [1.82, 2.24) is 5.32 Å². The van der Waals surface area contributed by atoms with Gasteiger partial charge in [-0.25, -0.2) is 4.39 Å². The maximum Gasteiger partial charge on any atom is 0.243 e. The van der Waals surface area contributed by atoms with Crippen LogP contribution in [0.3, 0.4) is 0 Å². The Bertz CT molecular complexity index is 380. The number of benzene rings is 1. The molecule has 0 aliphatic carbocycles. The number of carbonyl (C=O) groups is 2. The van der Waals surface area contributed by atoms with Crippen LogP contribution in [-0.2, 0) is 9.59 Å². The van der Waals surface area contributed by atoms with E-state index in [-0.39, 0.29) is 18.3 Å². The third kappa shape index (κ3) is 3.38. The minimum absolute atomic E-state index is 0.0969. The molecule has 0 aliphatic heterocycles. The highest BCUT2D eigenvalue weighted by Crippen LogP contribution is 2.15. The Balaban J connectivity index is 2.64. The van der Waals surface area contributed by atoms with Crippen LogP contribution in [0.4, 0.5) is 10.1 Å². The molecule has 2 amide bonds. The van der Waals surface area contributed by atoms with Crippen LogP contribution < -0.4 is 10.6 Å². The highest BCUT2D eigenvalue weighted by molar-refractivity contribution is 5.93. The van der Waals surface area contributed by atoms with E-state index in [1.165, 1.54) is 18.2 Å². The van der Waals surface area contributed by atoms with E-state index in [1.807, 2.05) is 0 Å². The van der Waals surface area contributed by atoms with Crippen molar-refractivity contribution in [2.24, 2.45) is 0 Å². The summed E-state index contributed by atoms with van der Waals surface area (Å²) >= 11 is 0. The minimum Gasteiger partial charge on any atom is -0.350 e. The Morgan fingerprint density at radius 3 is 2.87 bits per heavy atom. The number of amides is 2. The highest BCUT2D eigenvalue weighted by atomic mass is 19.1. The van der Waals surface area contributed by atoms with E-state index in [1.54, 1.807) is 6.92 Å². The van der Waals surface area contributed by atoms with E-state index < -0.39 is 0 Å². The lowest BCUT2D eigenvalue weighted by Crippen LogP contribution is -2.27. The van der Waals surface area contributed by atoms with Crippen LogP contribution in [0.25, 0.3) is 0 Å². The Morgan fingerprint density at radius 2 is 2.27 bits per heavy atom. The molecular weight excluding hydrogens is 199 g/mol. The van der Waals surface area contributed by atoms with Crippen molar-refractivity contribution in [2.45, 2.75) is 6.92 Å². The van der Waals surface area contributed by atoms with Gasteiger partial charge in [-0.2, -0.15) is 0 Å². The van der Waals surface area contributed by atoms with E-state index >= 15 is 0 Å². The van der Waals surface area contributed by atoms with Gasteiger partial charge in [0.1, 0.15) is 5.82 Å². The second-order valence-corrected chi connectivity index (χ2v) is 3.01. The van der Waals surface area contributed by atoms with Gasteiger partial charge in [-0.15, -0.1) is 0 Å². The molecule has 0 aliphatic rings. The smallest absolute Gasteiger partial charge is 0.243 e. The molecule has 1 rings (SSSR count). The summed E-state index contributed by atoms with van der Waals surface area (Å²) in [6, 6.07) is 4.06. The van der Waals surface area contributed by atoms with Crippen LogP contribution in [0.2, 0.25) is 0 Å². The largest absolute Gasteiger partial charge is 0.350 e. The summed E-state index contributed by atoms with van der Waals surface area (Å²) in [5.74, 6) is -0.701. The lowest BCUT2D eigenvalue weighted by Gasteiger charge is -2.07. The van der Waals surface area contributed by atoms with E-state index in [0.29, 0.717) is 17.7 Å². The van der Waals surface area contributed by atoms with Gasteiger partial charge >= 0.3 is 0 Å². The summed E-state index contributed by atoms with van der Waals surface area (Å²) < 4.78 is 12.7. The van der Waals surface area contributed by atoms with E-state index in [0.717, 1.165) is 0 Å². The van der Waals surface area contributed by atoms with Crippen molar-refractivity contribution >= 4 is 18.0 Å². The Morgan fingerprint density at radius 1 is 1.53 bits per heavy atom. The molecule has 0 unspecified atom stereocenters. The van der Waals surface area contributed by atoms with Crippen LogP contribution in [0, 0.1) is 12.7 Å². The first-order valence-electron chi connectivity index (χ1n) is 4.36. The van der Waals surface area contributed by atoms with Crippen molar-refractivity contribution in [2.75, 3.05) is 11.9 Å². The maximum absolute atomic E-state index is 12.7. The molecule has 15 heavy (non-hydrogen) atoms. The number of aryl methyl sites for hydroxylation is 1. The third-order valence-electron chi connectivity index (χ3n) is 1.81. The Hall–Kier alpha value is -1.91. The molecule has 0 atom stereocenters. The lowest BCUT2D eigenvalue weighted by molar-refractivity contribution is -0.118. The van der Waals surface area contributed by atoms with Crippen LogP contribution in [0.5, 0.6) is 0 Å². The molecule has 0 radical (unpaired) electrons. The fourth-order valence-electron chi connectivity index (χ4n) is 1.10. The van der Waals surface area contributed by atoms with Gasteiger partial charge in [-0.3, -0.25) is 9.59 Å². The summed E-state index contributed by atoms with van der Waals surface area (Å²) in [7, 11) is 0. The van der Waals surface area contributed by atoms with E-state index in [4.69, 9.17) is 0 Å². The Labute approximate surface area is 86.5 Å². The number of hydrogen-bond donors (Lipinski definition) is 2. The SMILES string of the molecule is Cc1cc(F)ccc1NC(=O)CNC=O.